The predicted molar refractivity (Wildman–Crippen MR) is 88.2 cm³/mol. The summed E-state index contributed by atoms with van der Waals surface area (Å²) in [6.45, 7) is 1.66. The van der Waals surface area contributed by atoms with E-state index in [1.807, 2.05) is 41.3 Å². The lowest BCUT2D eigenvalue weighted by atomic mass is 10.1. The van der Waals surface area contributed by atoms with Gasteiger partial charge in [0.1, 0.15) is 5.56 Å². The number of nitrogens with zero attached hydrogens (tertiary/aromatic N) is 4. The molecule has 1 amide bonds. The second kappa shape index (κ2) is 5.83. The van der Waals surface area contributed by atoms with E-state index in [-0.39, 0.29) is 5.91 Å². The van der Waals surface area contributed by atoms with Gasteiger partial charge in [-0.05, 0) is 25.3 Å². The van der Waals surface area contributed by atoms with Crippen LogP contribution in [0.15, 0.2) is 48.8 Å². The van der Waals surface area contributed by atoms with Crippen molar-refractivity contribution in [2.45, 2.75) is 19.3 Å². The van der Waals surface area contributed by atoms with Gasteiger partial charge in [-0.15, -0.1) is 0 Å². The molecule has 3 aromatic rings. The lowest BCUT2D eigenvalue weighted by Gasteiger charge is -2.26. The van der Waals surface area contributed by atoms with Gasteiger partial charge in [-0.25, -0.2) is 9.50 Å². The molecule has 0 spiro atoms. The molecule has 0 unspecified atom stereocenters. The van der Waals surface area contributed by atoms with E-state index in [4.69, 9.17) is 0 Å². The second-order valence-corrected chi connectivity index (χ2v) is 5.84. The fourth-order valence-corrected chi connectivity index (χ4v) is 3.14. The highest BCUT2D eigenvalue weighted by molar-refractivity contribution is 6.00. The van der Waals surface area contributed by atoms with Crippen LogP contribution in [0.4, 0.5) is 0 Å². The van der Waals surface area contributed by atoms with Crippen LogP contribution in [0, 0.1) is 0 Å². The van der Waals surface area contributed by atoms with Gasteiger partial charge in [-0.3, -0.25) is 4.79 Å². The van der Waals surface area contributed by atoms with Crippen LogP contribution >= 0.6 is 0 Å². The number of hydrogen-bond acceptors (Lipinski definition) is 3. The van der Waals surface area contributed by atoms with Crippen molar-refractivity contribution < 1.29 is 4.79 Å². The summed E-state index contributed by atoms with van der Waals surface area (Å²) in [5.74, 6) is 0.0393. The topological polar surface area (TPSA) is 50.5 Å². The summed E-state index contributed by atoms with van der Waals surface area (Å²) in [7, 11) is 0. The largest absolute Gasteiger partial charge is 0.338 e. The number of carbonyl (C=O) groups excluding carboxylic acids is 1. The molecule has 5 nitrogen and oxygen atoms in total. The van der Waals surface area contributed by atoms with Crippen LogP contribution in [-0.2, 0) is 0 Å². The maximum atomic E-state index is 12.8. The zero-order valence-corrected chi connectivity index (χ0v) is 12.9. The number of fused-ring (bicyclic) bond motifs is 1. The molecule has 1 aliphatic rings. The Balaban J connectivity index is 1.77. The van der Waals surface area contributed by atoms with Gasteiger partial charge in [0, 0.05) is 24.8 Å². The average Bonchev–Trinajstić information content (AvgIpc) is 3.06. The molecule has 116 valence electrons. The molecule has 4 rings (SSSR count). The average molecular weight is 306 g/mol. The Morgan fingerprint density at radius 2 is 1.78 bits per heavy atom. The summed E-state index contributed by atoms with van der Waals surface area (Å²) in [5, 5.41) is 4.42. The maximum Gasteiger partial charge on any atom is 0.259 e. The van der Waals surface area contributed by atoms with Crippen molar-refractivity contribution in [3.8, 4) is 11.3 Å². The van der Waals surface area contributed by atoms with E-state index in [1.54, 1.807) is 16.9 Å². The molecule has 1 aliphatic heterocycles. The van der Waals surface area contributed by atoms with Crippen molar-refractivity contribution in [3.05, 3.63) is 54.4 Å². The van der Waals surface area contributed by atoms with Gasteiger partial charge in [-0.2, -0.15) is 5.10 Å². The van der Waals surface area contributed by atoms with Gasteiger partial charge >= 0.3 is 0 Å². The first-order valence-electron chi connectivity index (χ1n) is 8.02. The van der Waals surface area contributed by atoms with E-state index in [2.05, 4.69) is 10.1 Å². The first kappa shape index (κ1) is 13.9. The number of rotatable bonds is 2. The molecule has 0 saturated carbocycles. The standard InChI is InChI=1S/C18H18N4O/c23-18(21-11-5-2-6-12-21)15-13-20-22-16(9-10-19-17(15)22)14-7-3-1-4-8-14/h1,3-4,7-10,13H,2,5-6,11-12H2. The Morgan fingerprint density at radius 3 is 2.57 bits per heavy atom. The number of carbonyl (C=O) groups is 1. The molecule has 0 bridgehead atoms. The summed E-state index contributed by atoms with van der Waals surface area (Å²) < 4.78 is 1.76. The zero-order chi connectivity index (χ0) is 15.6. The minimum atomic E-state index is 0.0393. The van der Waals surface area contributed by atoms with Crippen molar-refractivity contribution in [2.75, 3.05) is 13.1 Å². The first-order chi connectivity index (χ1) is 11.3. The lowest BCUT2D eigenvalue weighted by molar-refractivity contribution is 0.0726. The summed E-state index contributed by atoms with van der Waals surface area (Å²) >= 11 is 0. The van der Waals surface area contributed by atoms with Crippen molar-refractivity contribution in [2.24, 2.45) is 0 Å². The highest BCUT2D eigenvalue weighted by atomic mass is 16.2. The van der Waals surface area contributed by atoms with E-state index >= 15 is 0 Å². The van der Waals surface area contributed by atoms with Crippen LogP contribution in [0.2, 0.25) is 0 Å². The lowest BCUT2D eigenvalue weighted by Crippen LogP contribution is -2.35. The molecule has 3 heterocycles. The zero-order valence-electron chi connectivity index (χ0n) is 12.9. The molecule has 0 aliphatic carbocycles. The minimum absolute atomic E-state index is 0.0393. The Kier molecular flexibility index (Phi) is 3.54. The Morgan fingerprint density at radius 1 is 1.00 bits per heavy atom. The van der Waals surface area contributed by atoms with E-state index in [9.17, 15) is 4.79 Å². The van der Waals surface area contributed by atoms with Gasteiger partial charge in [-0.1, -0.05) is 30.3 Å². The molecular weight excluding hydrogens is 288 g/mol. The normalized spacial score (nSPS) is 15.0. The number of aromatic nitrogens is 3. The SMILES string of the molecule is O=C(c1cnn2c(-c3ccccc3)ccnc12)N1CCCCC1. The van der Waals surface area contributed by atoms with Gasteiger partial charge in [0.2, 0.25) is 0 Å². The maximum absolute atomic E-state index is 12.8. The molecule has 5 heteroatoms. The minimum Gasteiger partial charge on any atom is -0.338 e. The van der Waals surface area contributed by atoms with Crippen LogP contribution in [-0.4, -0.2) is 38.5 Å². The van der Waals surface area contributed by atoms with Gasteiger partial charge < -0.3 is 4.90 Å². The molecule has 0 radical (unpaired) electrons. The van der Waals surface area contributed by atoms with E-state index < -0.39 is 0 Å². The van der Waals surface area contributed by atoms with Crippen molar-refractivity contribution in [3.63, 3.8) is 0 Å². The molecule has 1 fully saturated rings. The third-order valence-corrected chi connectivity index (χ3v) is 4.34. The molecule has 23 heavy (non-hydrogen) atoms. The second-order valence-electron chi connectivity index (χ2n) is 5.84. The fourth-order valence-electron chi connectivity index (χ4n) is 3.14. The van der Waals surface area contributed by atoms with E-state index in [0.717, 1.165) is 37.2 Å². The molecule has 1 aromatic carbocycles. The van der Waals surface area contributed by atoms with Crippen LogP contribution in [0.3, 0.4) is 0 Å². The number of amides is 1. The molecule has 0 atom stereocenters. The Labute approximate surface area is 134 Å². The van der Waals surface area contributed by atoms with E-state index in [1.165, 1.54) is 6.42 Å². The van der Waals surface area contributed by atoms with Gasteiger partial charge in [0.15, 0.2) is 5.65 Å². The van der Waals surface area contributed by atoms with Gasteiger partial charge in [0.25, 0.3) is 5.91 Å². The number of hydrogen-bond donors (Lipinski definition) is 0. The summed E-state index contributed by atoms with van der Waals surface area (Å²) in [6, 6.07) is 11.9. The number of likely N-dealkylation sites (tertiary alicyclic amines) is 1. The summed E-state index contributed by atoms with van der Waals surface area (Å²) in [5.41, 5.74) is 3.21. The Hall–Kier alpha value is -2.69. The Bertz CT molecular complexity index is 835. The van der Waals surface area contributed by atoms with Crippen molar-refractivity contribution in [1.29, 1.82) is 0 Å². The van der Waals surface area contributed by atoms with Crippen LogP contribution < -0.4 is 0 Å². The monoisotopic (exact) mass is 306 g/mol. The van der Waals surface area contributed by atoms with Crippen molar-refractivity contribution >= 4 is 11.6 Å². The molecule has 0 N–H and O–H groups in total. The summed E-state index contributed by atoms with van der Waals surface area (Å²) in [4.78, 5) is 19.1. The predicted octanol–water partition coefficient (Wildman–Crippen LogP) is 3.02. The quantitative estimate of drug-likeness (QED) is 0.731. The van der Waals surface area contributed by atoms with E-state index in [0.29, 0.717) is 11.2 Å². The third kappa shape index (κ3) is 2.48. The highest BCUT2D eigenvalue weighted by Gasteiger charge is 2.22. The smallest absolute Gasteiger partial charge is 0.259 e. The third-order valence-electron chi connectivity index (χ3n) is 4.34. The molecular formula is C18H18N4O. The number of piperidine rings is 1. The fraction of sp³-hybridized carbons (Fsp3) is 0.278. The van der Waals surface area contributed by atoms with Crippen molar-refractivity contribution in [1.82, 2.24) is 19.5 Å². The number of benzene rings is 1. The van der Waals surface area contributed by atoms with Crippen LogP contribution in [0.25, 0.3) is 16.9 Å². The van der Waals surface area contributed by atoms with Crippen LogP contribution in [0.5, 0.6) is 0 Å². The van der Waals surface area contributed by atoms with Crippen LogP contribution in [0.1, 0.15) is 29.6 Å². The summed E-state index contributed by atoms with van der Waals surface area (Å²) in [6.07, 6.45) is 6.74. The highest BCUT2D eigenvalue weighted by Crippen LogP contribution is 2.22. The van der Waals surface area contributed by atoms with Gasteiger partial charge in [0.05, 0.1) is 11.9 Å². The first-order valence-corrected chi connectivity index (χ1v) is 8.02. The molecule has 1 saturated heterocycles. The molecule has 2 aromatic heterocycles.